The fraction of sp³-hybridized carbons (Fsp3) is 0.118. The number of alkyl halides is 3. The number of aromatic nitrogens is 2. The fourth-order valence-corrected chi connectivity index (χ4v) is 6.20. The van der Waals surface area contributed by atoms with Gasteiger partial charge < -0.3 is 9.30 Å². The second kappa shape index (κ2) is 14.0. The number of esters is 1. The Bertz CT molecular complexity index is 2030. The van der Waals surface area contributed by atoms with E-state index in [1.54, 1.807) is 42.5 Å². The molecule has 0 saturated carbocycles. The van der Waals surface area contributed by atoms with Gasteiger partial charge >= 0.3 is 12.1 Å². The van der Waals surface area contributed by atoms with Crippen molar-refractivity contribution in [3.63, 3.8) is 0 Å². The maximum Gasteiger partial charge on any atom is 0.404 e. The van der Waals surface area contributed by atoms with E-state index in [9.17, 15) is 26.4 Å². The third-order valence-corrected chi connectivity index (χ3v) is 8.73. The summed E-state index contributed by atoms with van der Waals surface area (Å²) in [6.45, 7) is 0.459. The number of rotatable bonds is 10. The van der Waals surface area contributed by atoms with Crippen LogP contribution >= 0.6 is 23.2 Å². The van der Waals surface area contributed by atoms with Gasteiger partial charge in [-0.2, -0.15) is 13.2 Å². The van der Waals surface area contributed by atoms with E-state index in [2.05, 4.69) is 0 Å². The van der Waals surface area contributed by atoms with Gasteiger partial charge in [-0.05, 0) is 70.8 Å². The molecule has 0 unspecified atom stereocenters. The first-order valence-corrected chi connectivity index (χ1v) is 16.3. The molecule has 13 heteroatoms. The average Bonchev–Trinajstić information content (AvgIpc) is 3.41. The minimum Gasteiger partial charge on any atom is -0.465 e. The summed E-state index contributed by atoms with van der Waals surface area (Å²) in [5.41, 5.74) is 5.22. The van der Waals surface area contributed by atoms with Gasteiger partial charge in [0.2, 0.25) is 10.0 Å². The van der Waals surface area contributed by atoms with Crippen LogP contribution in [0.25, 0.3) is 34.5 Å². The first kappa shape index (κ1) is 33.8. The second-order valence-corrected chi connectivity index (χ2v) is 13.0. The number of carbonyl (C=O) groups excluding carboxylic acids is 1. The van der Waals surface area contributed by atoms with E-state index >= 15 is 0 Å². The van der Waals surface area contributed by atoms with E-state index in [1.165, 1.54) is 19.2 Å². The third kappa shape index (κ3) is 9.03. The van der Waals surface area contributed by atoms with Gasteiger partial charge in [0.15, 0.2) is 5.75 Å². The van der Waals surface area contributed by atoms with Gasteiger partial charge in [0.05, 0.1) is 23.4 Å². The summed E-state index contributed by atoms with van der Waals surface area (Å²) in [5, 5.41) is 0.969. The molecular weight excluding hydrogens is 674 g/mol. The number of hydrogen-bond acceptors (Lipinski definition) is 5. The molecular formula is C34H26Cl2F3N3O4S. The number of anilines is 1. The Kier molecular flexibility index (Phi) is 10.1. The van der Waals surface area contributed by atoms with Crippen LogP contribution in [0.1, 0.15) is 27.3 Å². The highest BCUT2D eigenvalue weighted by atomic mass is 35.5. The van der Waals surface area contributed by atoms with Crippen molar-refractivity contribution in [2.75, 3.05) is 17.6 Å². The van der Waals surface area contributed by atoms with Crippen molar-refractivity contribution < 1.29 is 31.1 Å². The normalized spacial score (nSPS) is 12.0. The number of benzene rings is 4. The first-order valence-electron chi connectivity index (χ1n) is 13.9. The highest BCUT2D eigenvalue weighted by Crippen LogP contribution is 2.31. The quantitative estimate of drug-likeness (QED) is 0.147. The predicted octanol–water partition coefficient (Wildman–Crippen LogP) is 8.83. The molecule has 5 rings (SSSR count). The van der Waals surface area contributed by atoms with Gasteiger partial charge in [0, 0.05) is 29.0 Å². The molecule has 0 aliphatic carbocycles. The standard InChI is InChI=1S/C34H26Cl2F3N3O4S/c1-46-33(43)26-9-4-23(5-10-26)19-42-20-31(29-16-13-27(35)18-30(29)36)40-32(42)17-6-22-2-7-24(8-3-22)25-11-14-28(15-12-25)41-47(44,45)21-34(37,38)39/h2-18,20,41H,19,21H2,1H3/b17-6+. The topological polar surface area (TPSA) is 90.3 Å². The van der Waals surface area contributed by atoms with Crippen molar-refractivity contribution in [1.29, 1.82) is 0 Å². The number of hydrogen-bond donors (Lipinski definition) is 1. The van der Waals surface area contributed by atoms with Crippen LogP contribution in [0.2, 0.25) is 10.0 Å². The lowest BCUT2D eigenvalue weighted by Crippen LogP contribution is -2.27. The highest BCUT2D eigenvalue weighted by Gasteiger charge is 2.35. The van der Waals surface area contributed by atoms with Crippen LogP contribution in [-0.2, 0) is 21.3 Å². The number of methoxy groups -OCH3 is 1. The molecule has 1 heterocycles. The molecule has 0 aliphatic rings. The molecule has 0 atom stereocenters. The number of nitrogens with zero attached hydrogens (tertiary/aromatic N) is 2. The predicted molar refractivity (Wildman–Crippen MR) is 179 cm³/mol. The molecule has 1 aromatic heterocycles. The zero-order chi connectivity index (χ0) is 33.8. The van der Waals surface area contributed by atoms with Gasteiger partial charge in [-0.15, -0.1) is 0 Å². The van der Waals surface area contributed by atoms with Crippen molar-refractivity contribution in [3.8, 4) is 22.4 Å². The number of imidazole rings is 1. The van der Waals surface area contributed by atoms with E-state index in [0.29, 0.717) is 39.2 Å². The van der Waals surface area contributed by atoms with Crippen molar-refractivity contribution in [2.24, 2.45) is 0 Å². The SMILES string of the molecule is COC(=O)c1ccc(Cn2cc(-c3ccc(Cl)cc3Cl)nc2/C=C/c2ccc(-c3ccc(NS(=O)(=O)CC(F)(F)F)cc3)cc2)cc1. The Morgan fingerprint density at radius 2 is 1.55 bits per heavy atom. The number of nitrogens with one attached hydrogen (secondary N) is 1. The smallest absolute Gasteiger partial charge is 0.404 e. The van der Waals surface area contributed by atoms with Crippen LogP contribution in [0, 0.1) is 0 Å². The van der Waals surface area contributed by atoms with Crippen LogP contribution < -0.4 is 4.72 Å². The molecule has 0 fully saturated rings. The van der Waals surface area contributed by atoms with Crippen molar-refractivity contribution in [2.45, 2.75) is 12.7 Å². The van der Waals surface area contributed by atoms with Crippen molar-refractivity contribution >= 4 is 57.0 Å². The highest BCUT2D eigenvalue weighted by molar-refractivity contribution is 7.92. The van der Waals surface area contributed by atoms with E-state index < -0.39 is 27.9 Å². The van der Waals surface area contributed by atoms with E-state index in [-0.39, 0.29) is 5.69 Å². The van der Waals surface area contributed by atoms with E-state index in [4.69, 9.17) is 32.9 Å². The summed E-state index contributed by atoms with van der Waals surface area (Å²) in [7, 11) is -3.24. The average molecular weight is 701 g/mol. The van der Waals surface area contributed by atoms with Crippen molar-refractivity contribution in [3.05, 3.63) is 130 Å². The number of carbonyl (C=O) groups is 1. The summed E-state index contributed by atoms with van der Waals surface area (Å²) in [4.78, 5) is 16.7. The zero-order valence-corrected chi connectivity index (χ0v) is 27.0. The number of sulfonamides is 1. The number of halogens is 5. The minimum absolute atomic E-state index is 0.0340. The van der Waals surface area contributed by atoms with Gasteiger partial charge in [-0.25, -0.2) is 18.2 Å². The van der Waals surface area contributed by atoms with Gasteiger partial charge in [0.25, 0.3) is 0 Å². The molecule has 0 spiro atoms. The van der Waals surface area contributed by atoms with Gasteiger partial charge in [-0.1, -0.05) is 77.8 Å². The molecule has 242 valence electrons. The molecule has 0 aliphatic heterocycles. The fourth-order valence-electron chi connectivity index (χ4n) is 4.70. The van der Waals surface area contributed by atoms with Crippen LogP contribution in [-0.4, -0.2) is 43.0 Å². The lowest BCUT2D eigenvalue weighted by Gasteiger charge is -2.11. The molecule has 47 heavy (non-hydrogen) atoms. The maximum atomic E-state index is 12.5. The largest absolute Gasteiger partial charge is 0.465 e. The first-order chi connectivity index (χ1) is 22.3. The van der Waals surface area contributed by atoms with E-state index in [0.717, 1.165) is 22.3 Å². The van der Waals surface area contributed by atoms with Crippen LogP contribution in [0.3, 0.4) is 0 Å². The molecule has 7 nitrogen and oxygen atoms in total. The summed E-state index contributed by atoms with van der Waals surface area (Å²) in [6.07, 6.45) is 0.813. The van der Waals surface area contributed by atoms with Gasteiger partial charge in [0.1, 0.15) is 5.82 Å². The summed E-state index contributed by atoms with van der Waals surface area (Å²) >= 11 is 12.6. The lowest BCUT2D eigenvalue weighted by atomic mass is 10.0. The minimum atomic E-state index is -4.84. The Balaban J connectivity index is 1.36. The third-order valence-electron chi connectivity index (χ3n) is 6.92. The summed E-state index contributed by atoms with van der Waals surface area (Å²) in [5.74, 6) is -1.73. The van der Waals surface area contributed by atoms with Crippen LogP contribution in [0.5, 0.6) is 0 Å². The van der Waals surface area contributed by atoms with Crippen LogP contribution in [0.15, 0.2) is 97.2 Å². The molecule has 0 bridgehead atoms. The molecule has 1 N–H and O–H groups in total. The second-order valence-electron chi connectivity index (χ2n) is 10.4. The molecule has 0 saturated heterocycles. The maximum absolute atomic E-state index is 12.5. The Labute approximate surface area is 279 Å². The number of ether oxygens (including phenoxy) is 1. The van der Waals surface area contributed by atoms with E-state index in [1.807, 2.05) is 64.0 Å². The summed E-state index contributed by atoms with van der Waals surface area (Å²) < 4.78 is 69.8. The Morgan fingerprint density at radius 1 is 0.915 bits per heavy atom. The zero-order valence-electron chi connectivity index (χ0n) is 24.6. The summed E-state index contributed by atoms with van der Waals surface area (Å²) in [6, 6.07) is 25.9. The van der Waals surface area contributed by atoms with Crippen molar-refractivity contribution in [1.82, 2.24) is 9.55 Å². The van der Waals surface area contributed by atoms with Gasteiger partial charge in [-0.3, -0.25) is 4.72 Å². The van der Waals surface area contributed by atoms with Crippen LogP contribution in [0.4, 0.5) is 18.9 Å². The Hall–Kier alpha value is -4.58. The molecule has 4 aromatic carbocycles. The molecule has 0 radical (unpaired) electrons. The monoisotopic (exact) mass is 699 g/mol. The Morgan fingerprint density at radius 3 is 2.15 bits per heavy atom. The molecule has 0 amide bonds. The lowest BCUT2D eigenvalue weighted by molar-refractivity contribution is -0.106. The molecule has 5 aromatic rings.